The summed E-state index contributed by atoms with van der Waals surface area (Å²) < 4.78 is 7.00. The SMILES string of the molecule is CN=C(NCCc1c(C)noc1C)NCc1cc(Cl)c(Cl)n1C.I. The molecule has 2 heterocycles. The van der Waals surface area contributed by atoms with Crippen molar-refractivity contribution in [3.8, 4) is 0 Å². The van der Waals surface area contributed by atoms with Gasteiger partial charge in [-0.1, -0.05) is 28.4 Å². The quantitative estimate of drug-likeness (QED) is 0.386. The molecule has 0 atom stereocenters. The number of nitrogens with zero attached hydrogens (tertiary/aromatic N) is 3. The average molecular weight is 486 g/mol. The van der Waals surface area contributed by atoms with Crippen LogP contribution in [0.5, 0.6) is 0 Å². The summed E-state index contributed by atoms with van der Waals surface area (Å²) in [4.78, 5) is 4.21. The molecule has 6 nitrogen and oxygen atoms in total. The second kappa shape index (κ2) is 9.53. The molecule has 0 radical (unpaired) electrons. The van der Waals surface area contributed by atoms with Crippen LogP contribution in [0.1, 0.15) is 22.7 Å². The first-order chi connectivity index (χ1) is 10.9. The summed E-state index contributed by atoms with van der Waals surface area (Å²) in [6, 6.07) is 1.84. The zero-order valence-electron chi connectivity index (χ0n) is 14.1. The van der Waals surface area contributed by atoms with Crippen LogP contribution in [0.3, 0.4) is 0 Å². The minimum Gasteiger partial charge on any atom is -0.361 e. The molecule has 0 saturated carbocycles. The predicted molar refractivity (Wildman–Crippen MR) is 109 cm³/mol. The Bertz CT molecular complexity index is 692. The van der Waals surface area contributed by atoms with E-state index in [1.807, 2.05) is 31.5 Å². The van der Waals surface area contributed by atoms with E-state index in [4.69, 9.17) is 27.7 Å². The first kappa shape index (κ1) is 21.1. The van der Waals surface area contributed by atoms with E-state index in [2.05, 4.69) is 20.8 Å². The van der Waals surface area contributed by atoms with Gasteiger partial charge in [0.05, 0.1) is 17.3 Å². The Hall–Kier alpha value is -0.930. The molecule has 0 unspecified atom stereocenters. The lowest BCUT2D eigenvalue weighted by atomic mass is 10.1. The number of hydrogen-bond donors (Lipinski definition) is 2. The third-order valence-electron chi connectivity index (χ3n) is 3.72. The fraction of sp³-hybridized carbons (Fsp3) is 0.467. The number of aromatic nitrogens is 2. The van der Waals surface area contributed by atoms with Gasteiger partial charge in [-0.15, -0.1) is 24.0 Å². The van der Waals surface area contributed by atoms with Gasteiger partial charge in [0.15, 0.2) is 5.96 Å². The summed E-state index contributed by atoms with van der Waals surface area (Å²) >= 11 is 12.1. The lowest BCUT2D eigenvalue weighted by molar-refractivity contribution is 0.392. The molecule has 2 rings (SSSR count). The van der Waals surface area contributed by atoms with E-state index in [0.717, 1.165) is 35.7 Å². The van der Waals surface area contributed by atoms with Gasteiger partial charge in [-0.3, -0.25) is 4.99 Å². The van der Waals surface area contributed by atoms with Gasteiger partial charge in [-0.05, 0) is 26.3 Å². The fourth-order valence-electron chi connectivity index (χ4n) is 2.32. The molecule has 0 saturated heterocycles. The van der Waals surface area contributed by atoms with E-state index in [0.29, 0.717) is 22.7 Å². The lowest BCUT2D eigenvalue weighted by Crippen LogP contribution is -2.38. The van der Waals surface area contributed by atoms with Crippen LogP contribution in [-0.2, 0) is 20.0 Å². The van der Waals surface area contributed by atoms with Gasteiger partial charge >= 0.3 is 0 Å². The third-order valence-corrected chi connectivity index (χ3v) is 4.57. The molecule has 0 aliphatic rings. The Morgan fingerprint density at radius 3 is 2.54 bits per heavy atom. The van der Waals surface area contributed by atoms with Crippen molar-refractivity contribution in [1.82, 2.24) is 20.4 Å². The van der Waals surface area contributed by atoms with E-state index in [1.165, 1.54) is 0 Å². The molecule has 134 valence electrons. The van der Waals surface area contributed by atoms with Crippen LogP contribution in [0.4, 0.5) is 0 Å². The third kappa shape index (κ3) is 5.03. The van der Waals surface area contributed by atoms with E-state index < -0.39 is 0 Å². The number of rotatable bonds is 5. The topological polar surface area (TPSA) is 67.4 Å². The molecule has 0 bridgehead atoms. The second-order valence-electron chi connectivity index (χ2n) is 5.24. The Kier molecular flexibility index (Phi) is 8.38. The summed E-state index contributed by atoms with van der Waals surface area (Å²) in [5, 5.41) is 11.5. The van der Waals surface area contributed by atoms with Crippen LogP contribution >= 0.6 is 47.2 Å². The fourth-order valence-corrected chi connectivity index (χ4v) is 2.73. The van der Waals surface area contributed by atoms with Gasteiger partial charge in [0, 0.05) is 31.9 Å². The Morgan fingerprint density at radius 1 is 1.33 bits per heavy atom. The largest absolute Gasteiger partial charge is 0.361 e. The number of aliphatic imine (C=N–C) groups is 1. The zero-order valence-corrected chi connectivity index (χ0v) is 18.0. The highest BCUT2D eigenvalue weighted by Crippen LogP contribution is 2.24. The maximum Gasteiger partial charge on any atom is 0.191 e. The molecule has 9 heteroatoms. The second-order valence-corrected chi connectivity index (χ2v) is 6.00. The van der Waals surface area contributed by atoms with E-state index in [-0.39, 0.29) is 24.0 Å². The minimum absolute atomic E-state index is 0. The standard InChI is InChI=1S/C15H21Cl2N5O.HI/c1-9-12(10(2)23-21-9)5-6-19-15(18-3)20-8-11-7-13(16)14(17)22(11)4;/h7H,5-6,8H2,1-4H3,(H2,18,19,20);1H. The number of aryl methyl sites for hydroxylation is 2. The van der Waals surface area contributed by atoms with Crippen molar-refractivity contribution in [2.45, 2.75) is 26.8 Å². The number of halogens is 3. The van der Waals surface area contributed by atoms with Crippen molar-refractivity contribution in [2.75, 3.05) is 13.6 Å². The number of guanidine groups is 1. The summed E-state index contributed by atoms with van der Waals surface area (Å²) in [6.45, 7) is 5.18. The van der Waals surface area contributed by atoms with Crippen LogP contribution in [0.15, 0.2) is 15.6 Å². The highest BCUT2D eigenvalue weighted by atomic mass is 127. The van der Waals surface area contributed by atoms with Gasteiger partial charge in [0.25, 0.3) is 0 Å². The molecule has 0 spiro atoms. The van der Waals surface area contributed by atoms with Crippen LogP contribution in [0, 0.1) is 13.8 Å². The van der Waals surface area contributed by atoms with Crippen molar-refractivity contribution in [2.24, 2.45) is 12.0 Å². The number of hydrogen-bond acceptors (Lipinski definition) is 3. The Labute approximate surface area is 169 Å². The van der Waals surface area contributed by atoms with Crippen LogP contribution < -0.4 is 10.6 Å². The maximum absolute atomic E-state index is 6.06. The molecule has 24 heavy (non-hydrogen) atoms. The van der Waals surface area contributed by atoms with Crippen molar-refractivity contribution < 1.29 is 4.52 Å². The molecular weight excluding hydrogens is 464 g/mol. The molecule has 0 fully saturated rings. The Balaban J connectivity index is 0.00000288. The van der Waals surface area contributed by atoms with Gasteiger partial charge in [0.2, 0.25) is 0 Å². The summed E-state index contributed by atoms with van der Waals surface area (Å²) in [5.41, 5.74) is 3.04. The smallest absolute Gasteiger partial charge is 0.191 e. The Morgan fingerprint density at radius 2 is 2.04 bits per heavy atom. The van der Waals surface area contributed by atoms with Crippen LogP contribution in [0.2, 0.25) is 10.2 Å². The monoisotopic (exact) mass is 485 g/mol. The zero-order chi connectivity index (χ0) is 17.0. The average Bonchev–Trinajstić information content (AvgIpc) is 2.98. The van der Waals surface area contributed by atoms with E-state index in [9.17, 15) is 0 Å². The summed E-state index contributed by atoms with van der Waals surface area (Å²) in [5.74, 6) is 1.57. The number of nitrogens with one attached hydrogen (secondary N) is 2. The highest BCUT2D eigenvalue weighted by Gasteiger charge is 2.10. The van der Waals surface area contributed by atoms with Crippen molar-refractivity contribution in [3.63, 3.8) is 0 Å². The summed E-state index contributed by atoms with van der Waals surface area (Å²) in [6.07, 6.45) is 0.823. The van der Waals surface area contributed by atoms with Crippen molar-refractivity contribution >= 4 is 53.1 Å². The van der Waals surface area contributed by atoms with Gasteiger partial charge < -0.3 is 19.7 Å². The first-order valence-corrected chi connectivity index (χ1v) is 8.05. The first-order valence-electron chi connectivity index (χ1n) is 7.30. The maximum atomic E-state index is 6.06. The molecule has 0 aromatic carbocycles. The van der Waals surface area contributed by atoms with Gasteiger partial charge in [-0.2, -0.15) is 0 Å². The highest BCUT2D eigenvalue weighted by molar-refractivity contribution is 14.0. The van der Waals surface area contributed by atoms with E-state index >= 15 is 0 Å². The van der Waals surface area contributed by atoms with Crippen LogP contribution in [0.25, 0.3) is 0 Å². The molecule has 0 amide bonds. The van der Waals surface area contributed by atoms with E-state index in [1.54, 1.807) is 7.05 Å². The molecule has 0 aliphatic heterocycles. The molecule has 2 aromatic rings. The predicted octanol–water partition coefficient (Wildman–Crippen LogP) is 3.46. The molecule has 2 aromatic heterocycles. The lowest BCUT2D eigenvalue weighted by Gasteiger charge is -2.12. The van der Waals surface area contributed by atoms with Crippen LogP contribution in [-0.4, -0.2) is 29.3 Å². The normalized spacial score (nSPS) is 11.3. The molecule has 2 N–H and O–H groups in total. The molecular formula is C15H22Cl2IN5O. The summed E-state index contributed by atoms with van der Waals surface area (Å²) in [7, 11) is 3.61. The minimum atomic E-state index is 0. The molecule has 0 aliphatic carbocycles. The van der Waals surface area contributed by atoms with Gasteiger partial charge in [0.1, 0.15) is 10.9 Å². The van der Waals surface area contributed by atoms with Crippen molar-refractivity contribution in [3.05, 3.63) is 39.0 Å². The van der Waals surface area contributed by atoms with Crippen molar-refractivity contribution in [1.29, 1.82) is 0 Å². The van der Waals surface area contributed by atoms with Gasteiger partial charge in [-0.25, -0.2) is 0 Å².